The molecule has 0 radical (unpaired) electrons. The number of aryl methyl sites for hydroxylation is 1. The molecule has 0 bridgehead atoms. The van der Waals surface area contributed by atoms with Crippen LogP contribution in [-0.4, -0.2) is 29.6 Å². The van der Waals surface area contributed by atoms with Gasteiger partial charge >= 0.3 is 5.97 Å². The minimum absolute atomic E-state index is 0.187. The molecule has 0 spiro atoms. The smallest absolute Gasteiger partial charge is 0.326 e. The van der Waals surface area contributed by atoms with Crippen molar-refractivity contribution in [2.24, 2.45) is 5.92 Å². The van der Waals surface area contributed by atoms with E-state index in [1.54, 1.807) is 12.1 Å². The van der Waals surface area contributed by atoms with Gasteiger partial charge in [-0.2, -0.15) is 0 Å². The number of amides is 1. The van der Waals surface area contributed by atoms with Gasteiger partial charge in [-0.3, -0.25) is 4.79 Å². The van der Waals surface area contributed by atoms with E-state index in [4.69, 9.17) is 9.84 Å². The molecule has 1 amide bonds. The Morgan fingerprint density at radius 3 is 2.33 bits per heavy atom. The quantitative estimate of drug-likeness (QED) is 0.770. The molecule has 116 valence electrons. The van der Waals surface area contributed by atoms with Crippen molar-refractivity contribution in [3.8, 4) is 5.75 Å². The number of rotatable bonds is 8. The van der Waals surface area contributed by atoms with Gasteiger partial charge in [0, 0.05) is 0 Å². The van der Waals surface area contributed by atoms with E-state index in [0.717, 1.165) is 6.42 Å². The van der Waals surface area contributed by atoms with Gasteiger partial charge in [-0.1, -0.05) is 32.9 Å². The lowest BCUT2D eigenvalue weighted by molar-refractivity contribution is -0.142. The fourth-order valence-corrected chi connectivity index (χ4v) is 1.90. The topological polar surface area (TPSA) is 75.6 Å². The molecule has 2 N–H and O–H groups in total. The van der Waals surface area contributed by atoms with Crippen LogP contribution in [0.3, 0.4) is 0 Å². The summed E-state index contributed by atoms with van der Waals surface area (Å²) in [4.78, 5) is 22.8. The summed E-state index contributed by atoms with van der Waals surface area (Å²) in [6, 6.07) is 6.60. The highest BCUT2D eigenvalue weighted by atomic mass is 16.5. The Hall–Kier alpha value is -2.04. The fourth-order valence-electron chi connectivity index (χ4n) is 1.90. The number of hydrogen-bond donors (Lipinski definition) is 2. The van der Waals surface area contributed by atoms with Gasteiger partial charge in [-0.15, -0.1) is 0 Å². The number of carboxylic acids is 1. The Morgan fingerprint density at radius 2 is 1.86 bits per heavy atom. The van der Waals surface area contributed by atoms with Crippen LogP contribution in [-0.2, 0) is 16.0 Å². The van der Waals surface area contributed by atoms with E-state index in [-0.39, 0.29) is 12.5 Å². The number of carbonyl (C=O) groups is 2. The maximum atomic E-state index is 11.7. The predicted molar refractivity (Wildman–Crippen MR) is 80.3 cm³/mol. The van der Waals surface area contributed by atoms with Crippen LogP contribution in [0.4, 0.5) is 0 Å². The molecule has 1 aromatic carbocycles. The summed E-state index contributed by atoms with van der Waals surface area (Å²) in [5, 5.41) is 11.5. The molecule has 1 atom stereocenters. The summed E-state index contributed by atoms with van der Waals surface area (Å²) in [6.45, 7) is 5.69. The van der Waals surface area contributed by atoms with Gasteiger partial charge in [0.25, 0.3) is 5.91 Å². The van der Waals surface area contributed by atoms with E-state index in [0.29, 0.717) is 12.2 Å². The van der Waals surface area contributed by atoms with Gasteiger partial charge in [0.05, 0.1) is 0 Å². The van der Waals surface area contributed by atoms with Crippen LogP contribution in [0.2, 0.25) is 0 Å². The third-order valence-electron chi connectivity index (χ3n) is 3.04. The zero-order chi connectivity index (χ0) is 15.8. The van der Waals surface area contributed by atoms with Crippen LogP contribution in [0.25, 0.3) is 0 Å². The van der Waals surface area contributed by atoms with Crippen LogP contribution in [0.15, 0.2) is 24.3 Å². The second-order valence-corrected chi connectivity index (χ2v) is 5.37. The Bertz CT molecular complexity index is 468. The van der Waals surface area contributed by atoms with Crippen LogP contribution >= 0.6 is 0 Å². The summed E-state index contributed by atoms with van der Waals surface area (Å²) in [5.41, 5.74) is 1.19. The largest absolute Gasteiger partial charge is 0.484 e. The number of carboxylic acid groups (broad SMARTS) is 1. The number of ether oxygens (including phenoxy) is 1. The second-order valence-electron chi connectivity index (χ2n) is 5.37. The van der Waals surface area contributed by atoms with Crippen LogP contribution in [0.1, 0.15) is 32.8 Å². The average Bonchev–Trinajstić information content (AvgIpc) is 2.44. The van der Waals surface area contributed by atoms with E-state index in [9.17, 15) is 9.59 Å². The zero-order valence-electron chi connectivity index (χ0n) is 12.8. The molecule has 1 rings (SSSR count). The molecule has 0 aliphatic carbocycles. The molecule has 0 saturated heterocycles. The van der Waals surface area contributed by atoms with E-state index >= 15 is 0 Å². The first-order chi connectivity index (χ1) is 9.92. The highest BCUT2D eigenvalue weighted by molar-refractivity contribution is 5.84. The summed E-state index contributed by atoms with van der Waals surface area (Å²) < 4.78 is 5.35. The van der Waals surface area contributed by atoms with Gasteiger partial charge in [-0.25, -0.2) is 4.79 Å². The van der Waals surface area contributed by atoms with E-state index < -0.39 is 17.9 Å². The third-order valence-corrected chi connectivity index (χ3v) is 3.04. The number of benzene rings is 1. The molecule has 0 heterocycles. The van der Waals surface area contributed by atoms with Gasteiger partial charge < -0.3 is 15.2 Å². The summed E-state index contributed by atoms with van der Waals surface area (Å²) in [7, 11) is 0. The average molecular weight is 293 g/mol. The number of carbonyl (C=O) groups excluding carboxylic acids is 1. The molecule has 21 heavy (non-hydrogen) atoms. The molecule has 0 unspecified atom stereocenters. The molecule has 0 aliphatic heterocycles. The van der Waals surface area contributed by atoms with E-state index in [1.165, 1.54) is 5.56 Å². The molecule has 0 fully saturated rings. The van der Waals surface area contributed by atoms with E-state index in [2.05, 4.69) is 12.2 Å². The fraction of sp³-hybridized carbons (Fsp3) is 0.500. The van der Waals surface area contributed by atoms with Crippen molar-refractivity contribution in [1.82, 2.24) is 5.32 Å². The highest BCUT2D eigenvalue weighted by Crippen LogP contribution is 2.12. The lowest BCUT2D eigenvalue weighted by Gasteiger charge is -2.16. The van der Waals surface area contributed by atoms with Crippen LogP contribution < -0.4 is 10.1 Å². The van der Waals surface area contributed by atoms with Crippen molar-refractivity contribution < 1.29 is 19.4 Å². The number of nitrogens with one attached hydrogen (secondary N) is 1. The monoisotopic (exact) mass is 293 g/mol. The van der Waals surface area contributed by atoms with Gasteiger partial charge in [0.1, 0.15) is 11.8 Å². The first-order valence-electron chi connectivity index (χ1n) is 7.16. The summed E-state index contributed by atoms with van der Waals surface area (Å²) >= 11 is 0. The van der Waals surface area contributed by atoms with Crippen molar-refractivity contribution in [3.63, 3.8) is 0 Å². The van der Waals surface area contributed by atoms with Gasteiger partial charge in [-0.05, 0) is 36.5 Å². The Kier molecular flexibility index (Phi) is 6.72. The maximum absolute atomic E-state index is 11.7. The molecule has 0 aromatic heterocycles. The van der Waals surface area contributed by atoms with Crippen molar-refractivity contribution >= 4 is 11.9 Å². The number of hydrogen-bond acceptors (Lipinski definition) is 3. The molecular formula is C16H23NO4. The first kappa shape index (κ1) is 17.0. The van der Waals surface area contributed by atoms with E-state index in [1.807, 2.05) is 26.0 Å². The third kappa shape index (κ3) is 6.29. The van der Waals surface area contributed by atoms with Gasteiger partial charge in [0.15, 0.2) is 6.61 Å². The van der Waals surface area contributed by atoms with Gasteiger partial charge in [0.2, 0.25) is 0 Å². The molecule has 5 heteroatoms. The lowest BCUT2D eigenvalue weighted by atomic mass is 10.0. The standard InChI is InChI=1S/C16H23NO4/c1-4-12-5-7-13(8-6-12)21-10-15(18)17-14(16(19)20)9-11(2)3/h5-8,11,14H,4,9-10H2,1-3H3,(H,17,18)(H,19,20)/t14-/m1/s1. The van der Waals surface area contributed by atoms with Crippen LogP contribution in [0, 0.1) is 5.92 Å². The molecule has 5 nitrogen and oxygen atoms in total. The SMILES string of the molecule is CCc1ccc(OCC(=O)N[C@H](CC(C)C)C(=O)O)cc1. The normalized spacial score (nSPS) is 12.0. The second kappa shape index (κ2) is 8.29. The highest BCUT2D eigenvalue weighted by Gasteiger charge is 2.21. The summed E-state index contributed by atoms with van der Waals surface area (Å²) in [5.74, 6) is -0.668. The van der Waals surface area contributed by atoms with Crippen molar-refractivity contribution in [2.45, 2.75) is 39.7 Å². The predicted octanol–water partition coefficient (Wildman–Crippen LogP) is 2.24. The zero-order valence-corrected chi connectivity index (χ0v) is 12.8. The maximum Gasteiger partial charge on any atom is 0.326 e. The minimum atomic E-state index is -1.02. The van der Waals surface area contributed by atoms with Crippen molar-refractivity contribution in [1.29, 1.82) is 0 Å². The van der Waals surface area contributed by atoms with Crippen molar-refractivity contribution in [3.05, 3.63) is 29.8 Å². The van der Waals surface area contributed by atoms with Crippen molar-refractivity contribution in [2.75, 3.05) is 6.61 Å². The lowest BCUT2D eigenvalue weighted by Crippen LogP contribution is -2.43. The summed E-state index contributed by atoms with van der Waals surface area (Å²) in [6.07, 6.45) is 1.34. The minimum Gasteiger partial charge on any atom is -0.484 e. The Balaban J connectivity index is 2.46. The first-order valence-corrected chi connectivity index (χ1v) is 7.16. The molecule has 1 aromatic rings. The van der Waals surface area contributed by atoms with Crippen LogP contribution in [0.5, 0.6) is 5.75 Å². The number of aliphatic carboxylic acids is 1. The molecular weight excluding hydrogens is 270 g/mol. The molecule has 0 saturated carbocycles. The Labute approximate surface area is 125 Å². The Morgan fingerprint density at radius 1 is 1.24 bits per heavy atom. The molecule has 0 aliphatic rings.